The van der Waals surface area contributed by atoms with E-state index in [2.05, 4.69) is 20.9 Å². The lowest BCUT2D eigenvalue weighted by Gasteiger charge is -2.13. The number of benzene rings is 1. The second kappa shape index (κ2) is 8.42. The second-order valence-corrected chi connectivity index (χ2v) is 6.10. The number of ether oxygens (including phenoxy) is 1. The van der Waals surface area contributed by atoms with Gasteiger partial charge in [0.15, 0.2) is 0 Å². The molecule has 0 radical (unpaired) electrons. The Morgan fingerprint density at radius 3 is 2.38 bits per heavy atom. The van der Waals surface area contributed by atoms with Gasteiger partial charge in [0.05, 0.1) is 6.04 Å². The fourth-order valence-electron chi connectivity index (χ4n) is 1.96. The van der Waals surface area contributed by atoms with E-state index in [-0.39, 0.29) is 24.6 Å². The van der Waals surface area contributed by atoms with Gasteiger partial charge in [0.2, 0.25) is 5.91 Å². The van der Waals surface area contributed by atoms with Crippen molar-refractivity contribution in [1.82, 2.24) is 10.3 Å². The predicted octanol–water partition coefficient (Wildman–Crippen LogP) is 2.92. The molecular weight excluding hydrogens is 328 g/mol. The number of nitrogens with one attached hydrogen (secondary N) is 3. The Kier molecular flexibility index (Phi) is 6.28. The summed E-state index contributed by atoms with van der Waals surface area (Å²) in [6.07, 6.45) is 0. The molecule has 7 nitrogen and oxygen atoms in total. The smallest absolute Gasteiger partial charge is 0.319 e. The van der Waals surface area contributed by atoms with Crippen molar-refractivity contribution in [3.8, 4) is 0 Å². The molecule has 24 heavy (non-hydrogen) atoms. The van der Waals surface area contributed by atoms with Gasteiger partial charge in [-0.3, -0.25) is 4.79 Å². The Bertz CT molecular complexity index is 700. The number of carbonyl (C=O) groups excluding carboxylic acids is 2. The maximum atomic E-state index is 12.0. The number of urea groups is 1. The molecule has 3 amide bonds. The van der Waals surface area contributed by atoms with Gasteiger partial charge in [-0.15, -0.1) is 11.3 Å². The number of methoxy groups -OCH3 is 1. The molecule has 3 N–H and O–H groups in total. The van der Waals surface area contributed by atoms with Crippen molar-refractivity contribution in [2.24, 2.45) is 0 Å². The summed E-state index contributed by atoms with van der Waals surface area (Å²) in [5.41, 5.74) is 2.20. The van der Waals surface area contributed by atoms with Crippen molar-refractivity contribution in [1.29, 1.82) is 0 Å². The fraction of sp³-hybridized carbons (Fsp3) is 0.312. The van der Waals surface area contributed by atoms with Crippen molar-refractivity contribution in [3.63, 3.8) is 0 Å². The zero-order chi connectivity index (χ0) is 17.5. The number of thiazole rings is 1. The van der Waals surface area contributed by atoms with Crippen molar-refractivity contribution in [2.75, 3.05) is 24.4 Å². The number of hydrogen-bond acceptors (Lipinski definition) is 5. The fourth-order valence-corrected chi connectivity index (χ4v) is 2.77. The SMILES string of the molecule is COCC(=O)Nc1ccc(NC(=O)N[C@@H](C)c2nc(C)cs2)cc1. The first-order valence-corrected chi connectivity index (χ1v) is 8.24. The maximum Gasteiger partial charge on any atom is 0.319 e. The molecule has 0 bridgehead atoms. The summed E-state index contributed by atoms with van der Waals surface area (Å²) in [6.45, 7) is 3.79. The molecule has 2 rings (SSSR count). The van der Waals surface area contributed by atoms with Crippen LogP contribution in [0, 0.1) is 6.92 Å². The lowest BCUT2D eigenvalue weighted by Crippen LogP contribution is -2.31. The molecule has 1 aromatic heterocycles. The molecule has 0 fully saturated rings. The van der Waals surface area contributed by atoms with E-state index >= 15 is 0 Å². The highest BCUT2D eigenvalue weighted by molar-refractivity contribution is 7.09. The average Bonchev–Trinajstić information content (AvgIpc) is 2.96. The first kappa shape index (κ1) is 17.9. The summed E-state index contributed by atoms with van der Waals surface area (Å²) in [5, 5.41) is 11.1. The topological polar surface area (TPSA) is 92.4 Å². The van der Waals surface area contributed by atoms with Crippen LogP contribution >= 0.6 is 11.3 Å². The normalized spacial score (nSPS) is 11.6. The van der Waals surface area contributed by atoms with Gasteiger partial charge in [-0.1, -0.05) is 0 Å². The largest absolute Gasteiger partial charge is 0.375 e. The molecule has 0 saturated heterocycles. The molecule has 128 valence electrons. The second-order valence-electron chi connectivity index (χ2n) is 5.21. The number of aromatic nitrogens is 1. The van der Waals surface area contributed by atoms with Gasteiger partial charge in [-0.25, -0.2) is 9.78 Å². The summed E-state index contributed by atoms with van der Waals surface area (Å²) in [6, 6.07) is 6.34. The Morgan fingerprint density at radius 1 is 1.21 bits per heavy atom. The highest BCUT2D eigenvalue weighted by Crippen LogP contribution is 2.18. The highest BCUT2D eigenvalue weighted by atomic mass is 32.1. The first-order chi connectivity index (χ1) is 11.5. The summed E-state index contributed by atoms with van der Waals surface area (Å²) in [5.74, 6) is -0.233. The van der Waals surface area contributed by atoms with E-state index in [0.29, 0.717) is 11.4 Å². The zero-order valence-corrected chi connectivity index (χ0v) is 14.6. The van der Waals surface area contributed by atoms with Crippen molar-refractivity contribution < 1.29 is 14.3 Å². The number of nitrogens with zero attached hydrogens (tertiary/aromatic N) is 1. The van der Waals surface area contributed by atoms with Crippen LogP contribution in [0.4, 0.5) is 16.2 Å². The van der Waals surface area contributed by atoms with E-state index in [1.54, 1.807) is 24.3 Å². The molecule has 8 heteroatoms. The summed E-state index contributed by atoms with van der Waals surface area (Å²) in [4.78, 5) is 27.8. The molecular formula is C16H20N4O3S. The minimum absolute atomic E-state index is 0.00345. The minimum atomic E-state index is -0.313. The van der Waals surface area contributed by atoms with E-state index in [1.807, 2.05) is 19.2 Å². The van der Waals surface area contributed by atoms with Crippen LogP contribution in [0.15, 0.2) is 29.6 Å². The summed E-state index contributed by atoms with van der Waals surface area (Å²) >= 11 is 1.51. The van der Waals surface area contributed by atoms with Crippen LogP contribution < -0.4 is 16.0 Å². The molecule has 1 aromatic carbocycles. The van der Waals surface area contributed by atoms with Crippen LogP contribution in [0.2, 0.25) is 0 Å². The molecule has 0 spiro atoms. The average molecular weight is 348 g/mol. The van der Waals surface area contributed by atoms with Crippen LogP contribution in [-0.4, -0.2) is 30.6 Å². The van der Waals surface area contributed by atoms with Gasteiger partial charge in [-0.05, 0) is 38.1 Å². The molecule has 0 saturated carbocycles. The van der Waals surface area contributed by atoms with Crippen LogP contribution in [0.1, 0.15) is 23.7 Å². The van der Waals surface area contributed by atoms with Crippen molar-refractivity contribution in [2.45, 2.75) is 19.9 Å². The third-order valence-corrected chi connectivity index (χ3v) is 4.20. The van der Waals surface area contributed by atoms with Gasteiger partial charge in [-0.2, -0.15) is 0 Å². The Balaban J connectivity index is 1.86. The molecule has 2 aromatic rings. The lowest BCUT2D eigenvalue weighted by atomic mass is 10.2. The van der Waals surface area contributed by atoms with E-state index in [0.717, 1.165) is 10.7 Å². The van der Waals surface area contributed by atoms with Crippen LogP contribution in [0.25, 0.3) is 0 Å². The predicted molar refractivity (Wildman–Crippen MR) is 94.4 cm³/mol. The maximum absolute atomic E-state index is 12.0. The minimum Gasteiger partial charge on any atom is -0.375 e. The van der Waals surface area contributed by atoms with Crippen LogP contribution in [-0.2, 0) is 9.53 Å². The van der Waals surface area contributed by atoms with Gasteiger partial charge < -0.3 is 20.7 Å². The van der Waals surface area contributed by atoms with Crippen LogP contribution in [0.5, 0.6) is 0 Å². The van der Waals surface area contributed by atoms with Crippen LogP contribution in [0.3, 0.4) is 0 Å². The Hall–Kier alpha value is -2.45. The monoisotopic (exact) mass is 348 g/mol. The molecule has 0 aliphatic rings. The molecule has 0 unspecified atom stereocenters. The van der Waals surface area contributed by atoms with Gasteiger partial charge >= 0.3 is 6.03 Å². The number of hydrogen-bond donors (Lipinski definition) is 3. The van der Waals surface area contributed by atoms with Gasteiger partial charge in [0, 0.05) is 29.6 Å². The zero-order valence-electron chi connectivity index (χ0n) is 13.8. The summed E-state index contributed by atoms with van der Waals surface area (Å²) in [7, 11) is 1.46. The standard InChI is InChI=1S/C16H20N4O3S/c1-10-9-24-15(17-10)11(2)18-16(22)20-13-6-4-12(5-7-13)19-14(21)8-23-3/h4-7,9,11H,8H2,1-3H3,(H,19,21)(H2,18,20,22)/t11-/m0/s1. The van der Waals surface area contributed by atoms with E-state index in [1.165, 1.54) is 18.4 Å². The molecule has 0 aliphatic carbocycles. The highest BCUT2D eigenvalue weighted by Gasteiger charge is 2.12. The quantitative estimate of drug-likeness (QED) is 0.748. The third kappa shape index (κ3) is 5.32. The lowest BCUT2D eigenvalue weighted by molar-refractivity contribution is -0.119. The summed E-state index contributed by atoms with van der Waals surface area (Å²) < 4.78 is 4.75. The number of anilines is 2. The van der Waals surface area contributed by atoms with E-state index < -0.39 is 0 Å². The van der Waals surface area contributed by atoms with Gasteiger partial charge in [0.1, 0.15) is 11.6 Å². The Labute approximate surface area is 144 Å². The van der Waals surface area contributed by atoms with Crippen molar-refractivity contribution in [3.05, 3.63) is 40.3 Å². The number of carbonyl (C=O) groups is 2. The number of rotatable bonds is 6. The van der Waals surface area contributed by atoms with Crippen molar-refractivity contribution >= 4 is 34.6 Å². The molecule has 0 aliphatic heterocycles. The number of amides is 3. The Morgan fingerprint density at radius 2 is 1.83 bits per heavy atom. The van der Waals surface area contributed by atoms with E-state index in [9.17, 15) is 9.59 Å². The molecule has 1 heterocycles. The third-order valence-electron chi connectivity index (χ3n) is 3.06. The first-order valence-electron chi connectivity index (χ1n) is 7.36. The molecule has 1 atom stereocenters. The van der Waals surface area contributed by atoms with E-state index in [4.69, 9.17) is 4.74 Å². The number of aryl methyl sites for hydroxylation is 1. The van der Waals surface area contributed by atoms with Gasteiger partial charge in [0.25, 0.3) is 0 Å².